The fourth-order valence-electron chi connectivity index (χ4n) is 7.61. The maximum absolute atomic E-state index is 16.4. The third kappa shape index (κ3) is 11.2. The van der Waals surface area contributed by atoms with Crippen molar-refractivity contribution in [3.05, 3.63) is 128 Å². The van der Waals surface area contributed by atoms with Crippen molar-refractivity contribution >= 4 is 34.9 Å². The normalized spacial score (nSPS) is 15.5. The van der Waals surface area contributed by atoms with Crippen molar-refractivity contribution in [2.24, 2.45) is 29.0 Å². The molecular formula is C45H58N8O11. The number of esters is 1. The minimum Gasteiger partial charge on any atom is -0.466 e. The van der Waals surface area contributed by atoms with Crippen molar-refractivity contribution < 1.29 is 43.6 Å². The number of ether oxygens (including phenoxy) is 2. The summed E-state index contributed by atoms with van der Waals surface area (Å²) in [7, 11) is 0. The first kappa shape index (κ1) is 50.2. The molecule has 0 aliphatic carbocycles. The lowest BCUT2D eigenvalue weighted by Gasteiger charge is -2.54. The highest BCUT2D eigenvalue weighted by molar-refractivity contribution is 6.10. The van der Waals surface area contributed by atoms with Crippen LogP contribution in [0.25, 0.3) is 0 Å². The minimum atomic E-state index is -3.76. The maximum Gasteiger partial charge on any atom is 0.330 e. The molecule has 0 saturated carbocycles. The molecule has 0 spiro atoms. The van der Waals surface area contributed by atoms with E-state index in [0.29, 0.717) is 16.5 Å². The van der Waals surface area contributed by atoms with Crippen LogP contribution in [0.2, 0.25) is 0 Å². The molecule has 5 atom stereocenters. The van der Waals surface area contributed by atoms with E-state index in [0.717, 1.165) is 12.1 Å². The van der Waals surface area contributed by atoms with Crippen molar-refractivity contribution in [1.29, 1.82) is 0 Å². The Morgan fingerprint density at radius 2 is 1.45 bits per heavy atom. The number of nitrogens with zero attached hydrogens (tertiary/aromatic N) is 4. The summed E-state index contributed by atoms with van der Waals surface area (Å²) in [6.07, 6.45) is 0.798. The summed E-state index contributed by atoms with van der Waals surface area (Å²) in [6, 6.07) is 15.0. The van der Waals surface area contributed by atoms with E-state index in [-0.39, 0.29) is 23.6 Å². The van der Waals surface area contributed by atoms with Gasteiger partial charge in [-0.2, -0.15) is 0 Å². The van der Waals surface area contributed by atoms with Crippen LogP contribution in [0.1, 0.15) is 78.1 Å². The molecule has 344 valence electrons. The number of non-ortho nitro benzene ring substituents is 1. The van der Waals surface area contributed by atoms with Crippen LogP contribution < -0.4 is 21.9 Å². The molecule has 8 N–H and O–H groups in total. The first-order chi connectivity index (χ1) is 29.9. The summed E-state index contributed by atoms with van der Waals surface area (Å²) in [4.78, 5) is 92.5. The quantitative estimate of drug-likeness (QED) is 0.0438. The molecule has 2 amide bonds. The molecule has 0 unspecified atom stereocenters. The van der Waals surface area contributed by atoms with Crippen LogP contribution in [0, 0.1) is 32.1 Å². The third-order valence-corrected chi connectivity index (χ3v) is 10.4. The number of rotatable bonds is 21. The standard InChI is InChI=1S/C45H58N8O11/c1-28(2)20-35(47)39(55)51(26-31-16-12-9-13-17-31)40(56)44(23-29(3)4,63-37-19-18-33(52(59)60)22-36(37)53(61)62)45(58,38(54)34(46)21-32-25-49-27-50-32)43(48,41(57)64-42(5,6)7)24-30-14-10-8-11-15-30/h8-19,22,25,27-29,34-35,58H,20-21,23-24,26,46-48H2,1-7H3,(H,49,50)/t34-,35-,43+,44-,45-/m0/s1. The highest BCUT2D eigenvalue weighted by Crippen LogP contribution is 2.47. The minimum absolute atomic E-state index is 0.0493. The van der Waals surface area contributed by atoms with Gasteiger partial charge in [0.05, 0.1) is 46.6 Å². The van der Waals surface area contributed by atoms with Gasteiger partial charge in [-0.1, -0.05) is 88.4 Å². The smallest absolute Gasteiger partial charge is 0.330 e. The zero-order valence-corrected chi connectivity index (χ0v) is 37.1. The molecule has 19 heteroatoms. The van der Waals surface area contributed by atoms with E-state index in [2.05, 4.69) is 9.97 Å². The average Bonchev–Trinajstić information content (AvgIpc) is 3.74. The van der Waals surface area contributed by atoms with Gasteiger partial charge in [0.15, 0.2) is 17.1 Å². The van der Waals surface area contributed by atoms with E-state index >= 15 is 14.4 Å². The summed E-state index contributed by atoms with van der Waals surface area (Å²) in [5.41, 5.74) is 7.96. The number of Topliss-reactive ketones (excluding diaryl/α,β-unsaturated/α-hetero) is 1. The molecule has 0 aliphatic rings. The molecule has 0 aliphatic heterocycles. The Kier molecular flexibility index (Phi) is 16.0. The molecule has 1 aromatic heterocycles. The molecule has 0 bridgehead atoms. The fraction of sp³-hybridized carbons (Fsp3) is 0.444. The summed E-state index contributed by atoms with van der Waals surface area (Å²) in [5, 5.41) is 38.9. The number of nitrogens with one attached hydrogen (secondary N) is 1. The lowest BCUT2D eigenvalue weighted by atomic mass is 9.60. The van der Waals surface area contributed by atoms with E-state index in [1.165, 1.54) is 45.4 Å². The predicted molar refractivity (Wildman–Crippen MR) is 235 cm³/mol. The van der Waals surface area contributed by atoms with Crippen molar-refractivity contribution in [2.75, 3.05) is 0 Å². The van der Waals surface area contributed by atoms with Gasteiger partial charge in [-0.15, -0.1) is 0 Å². The summed E-state index contributed by atoms with van der Waals surface area (Å²) in [5.74, 6) is -7.29. The lowest BCUT2D eigenvalue weighted by molar-refractivity contribution is -0.395. The average molecular weight is 887 g/mol. The van der Waals surface area contributed by atoms with Gasteiger partial charge in [0, 0.05) is 31.5 Å². The van der Waals surface area contributed by atoms with Gasteiger partial charge in [-0.3, -0.25) is 39.5 Å². The van der Waals surface area contributed by atoms with Gasteiger partial charge >= 0.3 is 11.7 Å². The first-order valence-electron chi connectivity index (χ1n) is 20.7. The van der Waals surface area contributed by atoms with E-state index in [9.17, 15) is 30.1 Å². The number of nitro benzene ring substituents is 2. The van der Waals surface area contributed by atoms with Crippen molar-refractivity contribution in [1.82, 2.24) is 14.9 Å². The number of nitro groups is 2. The SMILES string of the molecule is CC(C)C[C@H](N)C(=O)N(Cc1ccccc1)C(=O)[C@](CC(C)C)(Oc1ccc([N+](=O)[O-])cc1[N+](=O)[O-])[C@](O)(C(=O)[C@@H](N)Cc1c[nH]cn1)[C@@](N)(Cc1ccccc1)C(=O)OC(C)(C)C. The Morgan fingerprint density at radius 1 is 0.859 bits per heavy atom. The number of hydrogen-bond donors (Lipinski definition) is 5. The summed E-state index contributed by atoms with van der Waals surface area (Å²) < 4.78 is 12.5. The monoisotopic (exact) mass is 886 g/mol. The third-order valence-electron chi connectivity index (χ3n) is 10.4. The second-order valence-electron chi connectivity index (χ2n) is 17.7. The zero-order chi connectivity index (χ0) is 47.8. The molecule has 4 aromatic rings. The second-order valence-corrected chi connectivity index (χ2v) is 17.7. The van der Waals surface area contributed by atoms with E-state index < -0.39 is 117 Å². The Balaban J connectivity index is 2.30. The number of imidazole rings is 1. The van der Waals surface area contributed by atoms with Crippen LogP contribution in [-0.4, -0.2) is 87.8 Å². The number of H-pyrrole nitrogens is 1. The number of imide groups is 1. The van der Waals surface area contributed by atoms with Crippen molar-refractivity contribution in [2.45, 2.75) is 115 Å². The molecule has 1 heterocycles. The van der Waals surface area contributed by atoms with Crippen LogP contribution in [0.5, 0.6) is 5.75 Å². The highest BCUT2D eigenvalue weighted by atomic mass is 16.6. The number of carbonyl (C=O) groups excluding carboxylic acids is 4. The van der Waals surface area contributed by atoms with Gasteiger partial charge in [0.1, 0.15) is 5.60 Å². The highest BCUT2D eigenvalue weighted by Gasteiger charge is 2.75. The Bertz CT molecular complexity index is 2290. The molecule has 4 rings (SSSR count). The Morgan fingerprint density at radius 3 is 1.95 bits per heavy atom. The van der Waals surface area contributed by atoms with Crippen LogP contribution in [-0.2, 0) is 43.3 Å². The van der Waals surface area contributed by atoms with Gasteiger partial charge in [0.25, 0.3) is 11.6 Å². The number of benzene rings is 3. The zero-order valence-electron chi connectivity index (χ0n) is 37.1. The first-order valence-corrected chi connectivity index (χ1v) is 20.7. The number of ketones is 1. The van der Waals surface area contributed by atoms with Gasteiger partial charge in [0.2, 0.25) is 17.1 Å². The van der Waals surface area contributed by atoms with Crippen molar-refractivity contribution in [3.63, 3.8) is 0 Å². The molecule has 64 heavy (non-hydrogen) atoms. The number of hydrogen-bond acceptors (Lipinski definition) is 15. The van der Waals surface area contributed by atoms with Crippen LogP contribution in [0.4, 0.5) is 11.4 Å². The van der Waals surface area contributed by atoms with E-state index in [1.54, 1.807) is 76.2 Å². The number of carbonyl (C=O) groups is 4. The van der Waals surface area contributed by atoms with Gasteiger partial charge in [-0.25, -0.2) is 9.78 Å². The summed E-state index contributed by atoms with van der Waals surface area (Å²) in [6.45, 7) is 10.6. The largest absolute Gasteiger partial charge is 0.466 e. The topological polar surface area (TPSA) is 303 Å². The van der Waals surface area contributed by atoms with Gasteiger partial charge < -0.3 is 36.8 Å². The number of aromatic amines is 1. The van der Waals surface area contributed by atoms with E-state index in [1.807, 2.05) is 0 Å². The van der Waals surface area contributed by atoms with Gasteiger partial charge in [-0.05, 0) is 56.2 Å². The van der Waals surface area contributed by atoms with Crippen LogP contribution in [0.15, 0.2) is 91.4 Å². The number of nitrogens with two attached hydrogens (primary N) is 3. The number of aromatic nitrogens is 2. The molecule has 19 nitrogen and oxygen atoms in total. The fourth-order valence-corrected chi connectivity index (χ4v) is 7.61. The molecule has 0 radical (unpaired) electrons. The molecular weight excluding hydrogens is 829 g/mol. The lowest BCUT2D eigenvalue weighted by Crippen LogP contribution is -2.85. The van der Waals surface area contributed by atoms with E-state index in [4.69, 9.17) is 26.7 Å². The Hall–Kier alpha value is -6.41. The van der Waals surface area contributed by atoms with Crippen LogP contribution in [0.3, 0.4) is 0 Å². The number of aliphatic hydroxyl groups is 1. The maximum atomic E-state index is 16.4. The Labute approximate surface area is 371 Å². The molecule has 3 aromatic carbocycles. The molecule has 0 fully saturated rings. The second kappa shape index (κ2) is 20.4. The van der Waals surface area contributed by atoms with Crippen LogP contribution >= 0.6 is 0 Å². The summed E-state index contributed by atoms with van der Waals surface area (Å²) >= 11 is 0. The molecule has 0 saturated heterocycles. The van der Waals surface area contributed by atoms with Crippen molar-refractivity contribution in [3.8, 4) is 5.75 Å². The number of amides is 2. The predicted octanol–water partition coefficient (Wildman–Crippen LogP) is 4.47.